The van der Waals surface area contributed by atoms with Crippen molar-refractivity contribution in [3.05, 3.63) is 29.8 Å². The van der Waals surface area contributed by atoms with Gasteiger partial charge in [0.1, 0.15) is 0 Å². The molecule has 0 amide bonds. The Labute approximate surface area is 103 Å². The standard InChI is InChI=1S/C13H22N2S/c1-11-5-7-12(8-6-11)15-13(10-14)4-3-9-16-2/h5-8,13,15H,3-4,9-10,14H2,1-2H3. The summed E-state index contributed by atoms with van der Waals surface area (Å²) in [4.78, 5) is 0. The number of thioether (sulfide) groups is 1. The lowest BCUT2D eigenvalue weighted by Gasteiger charge is -2.18. The van der Waals surface area contributed by atoms with Crippen molar-refractivity contribution in [3.63, 3.8) is 0 Å². The first-order chi connectivity index (χ1) is 7.76. The molecule has 0 aromatic heterocycles. The third kappa shape index (κ3) is 4.90. The van der Waals surface area contributed by atoms with Gasteiger partial charge in [0.15, 0.2) is 0 Å². The van der Waals surface area contributed by atoms with Crippen molar-refractivity contribution in [2.75, 3.05) is 23.9 Å². The molecule has 0 saturated heterocycles. The molecule has 3 heteroatoms. The van der Waals surface area contributed by atoms with Crippen LogP contribution in [0.5, 0.6) is 0 Å². The molecule has 0 heterocycles. The highest BCUT2D eigenvalue weighted by molar-refractivity contribution is 7.98. The highest BCUT2D eigenvalue weighted by atomic mass is 32.2. The fourth-order valence-electron chi connectivity index (χ4n) is 1.61. The van der Waals surface area contributed by atoms with Gasteiger partial charge in [-0.15, -0.1) is 0 Å². The second-order valence-corrected chi connectivity index (χ2v) is 5.06. The molecule has 0 aliphatic rings. The lowest BCUT2D eigenvalue weighted by atomic mass is 10.1. The summed E-state index contributed by atoms with van der Waals surface area (Å²) in [6.45, 7) is 2.80. The van der Waals surface area contributed by atoms with Crippen LogP contribution in [0.4, 0.5) is 5.69 Å². The quantitative estimate of drug-likeness (QED) is 0.717. The van der Waals surface area contributed by atoms with Gasteiger partial charge in [-0.2, -0.15) is 11.8 Å². The van der Waals surface area contributed by atoms with Crippen LogP contribution in [-0.4, -0.2) is 24.6 Å². The second kappa shape index (κ2) is 7.58. The van der Waals surface area contributed by atoms with E-state index < -0.39 is 0 Å². The Morgan fingerprint density at radius 3 is 2.56 bits per heavy atom. The molecule has 1 rings (SSSR count). The average molecular weight is 238 g/mol. The number of rotatable bonds is 7. The fraction of sp³-hybridized carbons (Fsp3) is 0.538. The highest BCUT2D eigenvalue weighted by Crippen LogP contribution is 2.12. The maximum Gasteiger partial charge on any atom is 0.0384 e. The third-order valence-electron chi connectivity index (χ3n) is 2.61. The van der Waals surface area contributed by atoms with Crippen molar-refractivity contribution < 1.29 is 0 Å². The number of anilines is 1. The number of hydrogen-bond donors (Lipinski definition) is 2. The summed E-state index contributed by atoms with van der Waals surface area (Å²) in [6.07, 6.45) is 4.51. The number of nitrogens with one attached hydrogen (secondary N) is 1. The van der Waals surface area contributed by atoms with Gasteiger partial charge < -0.3 is 11.1 Å². The predicted molar refractivity (Wildman–Crippen MR) is 75.3 cm³/mol. The van der Waals surface area contributed by atoms with Crippen LogP contribution in [0.2, 0.25) is 0 Å². The fourth-order valence-corrected chi connectivity index (χ4v) is 2.06. The van der Waals surface area contributed by atoms with E-state index in [9.17, 15) is 0 Å². The zero-order valence-electron chi connectivity index (χ0n) is 10.2. The molecule has 0 aliphatic carbocycles. The summed E-state index contributed by atoms with van der Waals surface area (Å²) < 4.78 is 0. The summed E-state index contributed by atoms with van der Waals surface area (Å²) >= 11 is 1.89. The molecule has 90 valence electrons. The van der Waals surface area contributed by atoms with Gasteiger partial charge in [-0.05, 0) is 43.9 Å². The number of benzene rings is 1. The topological polar surface area (TPSA) is 38.0 Å². The molecule has 3 N–H and O–H groups in total. The Kier molecular flexibility index (Phi) is 6.34. The van der Waals surface area contributed by atoms with Gasteiger partial charge in [-0.1, -0.05) is 17.7 Å². The molecular formula is C13H22N2S. The number of nitrogens with two attached hydrogens (primary N) is 1. The molecule has 16 heavy (non-hydrogen) atoms. The van der Waals surface area contributed by atoms with Crippen LogP contribution in [0, 0.1) is 6.92 Å². The first-order valence-electron chi connectivity index (χ1n) is 5.78. The molecule has 0 bridgehead atoms. The second-order valence-electron chi connectivity index (χ2n) is 4.08. The van der Waals surface area contributed by atoms with Crippen molar-refractivity contribution in [1.82, 2.24) is 0 Å². The van der Waals surface area contributed by atoms with Gasteiger partial charge >= 0.3 is 0 Å². The lowest BCUT2D eigenvalue weighted by Crippen LogP contribution is -2.28. The van der Waals surface area contributed by atoms with Crippen molar-refractivity contribution in [2.24, 2.45) is 5.73 Å². The average Bonchev–Trinajstić information content (AvgIpc) is 2.31. The van der Waals surface area contributed by atoms with Crippen molar-refractivity contribution in [2.45, 2.75) is 25.8 Å². The van der Waals surface area contributed by atoms with E-state index in [-0.39, 0.29) is 0 Å². The normalized spacial score (nSPS) is 12.4. The number of aryl methyl sites for hydroxylation is 1. The molecule has 1 atom stereocenters. The maximum atomic E-state index is 5.76. The minimum atomic E-state index is 0.398. The van der Waals surface area contributed by atoms with Gasteiger partial charge in [0, 0.05) is 18.3 Å². The summed E-state index contributed by atoms with van der Waals surface area (Å²) in [7, 11) is 0. The van der Waals surface area contributed by atoms with Gasteiger partial charge in [-0.3, -0.25) is 0 Å². The molecule has 0 spiro atoms. The zero-order chi connectivity index (χ0) is 11.8. The van der Waals surface area contributed by atoms with Crippen molar-refractivity contribution in [1.29, 1.82) is 0 Å². The van der Waals surface area contributed by atoms with E-state index in [1.807, 2.05) is 11.8 Å². The Bertz CT molecular complexity index is 284. The van der Waals surface area contributed by atoms with Crippen LogP contribution in [0.1, 0.15) is 18.4 Å². The van der Waals surface area contributed by atoms with Crippen LogP contribution < -0.4 is 11.1 Å². The van der Waals surface area contributed by atoms with Gasteiger partial charge in [0.2, 0.25) is 0 Å². The highest BCUT2D eigenvalue weighted by Gasteiger charge is 2.05. The first-order valence-corrected chi connectivity index (χ1v) is 7.18. The molecule has 0 radical (unpaired) electrons. The summed E-state index contributed by atoms with van der Waals surface area (Å²) in [5.74, 6) is 1.21. The van der Waals surface area contributed by atoms with E-state index in [0.29, 0.717) is 12.6 Å². The summed E-state index contributed by atoms with van der Waals surface area (Å²) in [5.41, 5.74) is 8.22. The third-order valence-corrected chi connectivity index (χ3v) is 3.30. The van der Waals surface area contributed by atoms with Crippen LogP contribution in [0.15, 0.2) is 24.3 Å². The Morgan fingerprint density at radius 1 is 1.31 bits per heavy atom. The van der Waals surface area contributed by atoms with E-state index >= 15 is 0 Å². The monoisotopic (exact) mass is 238 g/mol. The molecule has 1 aromatic carbocycles. The molecule has 0 fully saturated rings. The molecule has 0 aliphatic heterocycles. The predicted octanol–water partition coefficient (Wildman–Crippen LogP) is 2.88. The molecule has 2 nitrogen and oxygen atoms in total. The largest absolute Gasteiger partial charge is 0.381 e. The minimum Gasteiger partial charge on any atom is -0.381 e. The van der Waals surface area contributed by atoms with E-state index in [1.54, 1.807) is 0 Å². The van der Waals surface area contributed by atoms with Crippen molar-refractivity contribution in [3.8, 4) is 0 Å². The van der Waals surface area contributed by atoms with E-state index in [1.165, 1.54) is 23.4 Å². The Balaban J connectivity index is 2.40. The van der Waals surface area contributed by atoms with Crippen molar-refractivity contribution >= 4 is 17.4 Å². The first kappa shape index (κ1) is 13.4. The molecule has 1 unspecified atom stereocenters. The molecular weight excluding hydrogens is 216 g/mol. The molecule has 0 saturated carbocycles. The minimum absolute atomic E-state index is 0.398. The van der Waals surface area contributed by atoms with Gasteiger partial charge in [0.05, 0.1) is 0 Å². The number of hydrogen-bond acceptors (Lipinski definition) is 3. The summed E-state index contributed by atoms with van der Waals surface area (Å²) in [6, 6.07) is 8.88. The van der Waals surface area contributed by atoms with E-state index in [2.05, 4.69) is 42.8 Å². The zero-order valence-corrected chi connectivity index (χ0v) is 11.0. The van der Waals surface area contributed by atoms with Crippen LogP contribution in [0.3, 0.4) is 0 Å². The maximum absolute atomic E-state index is 5.76. The van der Waals surface area contributed by atoms with E-state index in [4.69, 9.17) is 5.73 Å². The van der Waals surface area contributed by atoms with Gasteiger partial charge in [-0.25, -0.2) is 0 Å². The van der Waals surface area contributed by atoms with E-state index in [0.717, 1.165) is 6.42 Å². The lowest BCUT2D eigenvalue weighted by molar-refractivity contribution is 0.652. The SMILES string of the molecule is CSCCCC(CN)Nc1ccc(C)cc1. The molecule has 1 aromatic rings. The Morgan fingerprint density at radius 2 is 2.00 bits per heavy atom. The van der Waals surface area contributed by atoms with Gasteiger partial charge in [0.25, 0.3) is 0 Å². The van der Waals surface area contributed by atoms with Crippen LogP contribution in [0.25, 0.3) is 0 Å². The Hall–Kier alpha value is -0.670. The van der Waals surface area contributed by atoms with Crippen LogP contribution in [-0.2, 0) is 0 Å². The smallest absolute Gasteiger partial charge is 0.0384 e. The van der Waals surface area contributed by atoms with Crippen LogP contribution >= 0.6 is 11.8 Å². The summed E-state index contributed by atoms with van der Waals surface area (Å²) in [5, 5.41) is 3.48.